The van der Waals surface area contributed by atoms with Crippen LogP contribution in [-0.2, 0) is 9.59 Å². The molecule has 1 amide bonds. The van der Waals surface area contributed by atoms with Crippen LogP contribution in [0.2, 0.25) is 0 Å². The van der Waals surface area contributed by atoms with Crippen LogP contribution >= 0.6 is 0 Å². The number of amides is 1. The van der Waals surface area contributed by atoms with E-state index in [0.29, 0.717) is 17.1 Å². The molecule has 0 bridgehead atoms. The van der Waals surface area contributed by atoms with Gasteiger partial charge in [0.2, 0.25) is 5.91 Å². The van der Waals surface area contributed by atoms with Crippen LogP contribution in [-0.4, -0.2) is 31.2 Å². The molecule has 19 heavy (non-hydrogen) atoms. The minimum absolute atomic E-state index is 0.219. The molecule has 2 N–H and O–H groups in total. The summed E-state index contributed by atoms with van der Waals surface area (Å²) < 4.78 is 10.2. The molecule has 0 fully saturated rings. The molecule has 1 atom stereocenters. The number of methoxy groups -OCH3 is 2. The first kappa shape index (κ1) is 14.8. The van der Waals surface area contributed by atoms with E-state index in [0.717, 1.165) is 0 Å². The fraction of sp³-hybridized carbons (Fsp3) is 0.385. The van der Waals surface area contributed by atoms with E-state index in [4.69, 9.17) is 9.47 Å². The quantitative estimate of drug-likeness (QED) is 0.812. The third kappa shape index (κ3) is 3.61. The van der Waals surface area contributed by atoms with Gasteiger partial charge in [-0.25, -0.2) is 4.79 Å². The molecule has 104 valence electrons. The van der Waals surface area contributed by atoms with Crippen molar-refractivity contribution in [3.05, 3.63) is 23.8 Å². The van der Waals surface area contributed by atoms with E-state index in [9.17, 15) is 14.7 Å². The van der Waals surface area contributed by atoms with Crippen molar-refractivity contribution in [3.63, 3.8) is 0 Å². The molecule has 1 unspecified atom stereocenters. The second kappa shape index (κ2) is 6.63. The Morgan fingerprint density at radius 3 is 2.37 bits per heavy atom. The summed E-state index contributed by atoms with van der Waals surface area (Å²) >= 11 is 0. The zero-order valence-corrected chi connectivity index (χ0v) is 11.1. The number of hydrogen-bond acceptors (Lipinski definition) is 4. The van der Waals surface area contributed by atoms with Gasteiger partial charge in [-0.15, -0.1) is 0 Å². The highest BCUT2D eigenvalue weighted by Crippen LogP contribution is 2.30. The van der Waals surface area contributed by atoms with Crippen molar-refractivity contribution in [2.24, 2.45) is 0 Å². The molecular formula is C13H17NO5. The molecule has 6 nitrogen and oxygen atoms in total. The number of carboxylic acid groups (broad SMARTS) is 1. The average molecular weight is 267 g/mol. The Labute approximate surface area is 111 Å². The third-order valence-corrected chi connectivity index (χ3v) is 2.61. The van der Waals surface area contributed by atoms with Crippen LogP contribution in [0.4, 0.5) is 0 Å². The standard InChI is InChI=1S/C13H17NO5/c1-4-11(15)14-12(13(16)17)8-5-6-9(18-2)10(7-8)19-3/h5-7,12H,4H2,1-3H3,(H,14,15)(H,16,17). The number of nitrogens with one attached hydrogen (secondary N) is 1. The van der Waals surface area contributed by atoms with Gasteiger partial charge in [0.15, 0.2) is 17.5 Å². The monoisotopic (exact) mass is 267 g/mol. The molecule has 1 aromatic carbocycles. The van der Waals surface area contributed by atoms with Gasteiger partial charge < -0.3 is 19.9 Å². The zero-order valence-electron chi connectivity index (χ0n) is 11.1. The number of aliphatic carboxylic acids is 1. The fourth-order valence-corrected chi connectivity index (χ4v) is 1.58. The van der Waals surface area contributed by atoms with Crippen LogP contribution in [0.25, 0.3) is 0 Å². The van der Waals surface area contributed by atoms with E-state index < -0.39 is 12.0 Å². The maximum absolute atomic E-state index is 11.3. The van der Waals surface area contributed by atoms with Crippen molar-refractivity contribution in [2.45, 2.75) is 19.4 Å². The molecule has 1 aromatic rings. The van der Waals surface area contributed by atoms with Crippen molar-refractivity contribution < 1.29 is 24.2 Å². The lowest BCUT2D eigenvalue weighted by atomic mass is 10.1. The van der Waals surface area contributed by atoms with Gasteiger partial charge in [0, 0.05) is 6.42 Å². The highest BCUT2D eigenvalue weighted by molar-refractivity contribution is 5.84. The summed E-state index contributed by atoms with van der Waals surface area (Å²) in [6.45, 7) is 1.66. The predicted octanol–water partition coefficient (Wildman–Crippen LogP) is 1.36. The number of ether oxygens (including phenoxy) is 2. The molecule has 0 aliphatic rings. The Bertz CT molecular complexity index is 472. The second-order valence-electron chi connectivity index (χ2n) is 3.81. The van der Waals surface area contributed by atoms with Crippen LogP contribution in [0, 0.1) is 0 Å². The topological polar surface area (TPSA) is 84.9 Å². The van der Waals surface area contributed by atoms with E-state index in [1.165, 1.54) is 20.3 Å². The van der Waals surface area contributed by atoms with Crippen molar-refractivity contribution in [2.75, 3.05) is 14.2 Å². The van der Waals surface area contributed by atoms with E-state index in [1.54, 1.807) is 19.1 Å². The van der Waals surface area contributed by atoms with Gasteiger partial charge in [0.25, 0.3) is 0 Å². The summed E-state index contributed by atoms with van der Waals surface area (Å²) in [6.07, 6.45) is 0.219. The number of carbonyl (C=O) groups is 2. The van der Waals surface area contributed by atoms with Gasteiger partial charge >= 0.3 is 5.97 Å². The molecular weight excluding hydrogens is 250 g/mol. The molecule has 0 saturated heterocycles. The summed E-state index contributed by atoms with van der Waals surface area (Å²) in [5, 5.41) is 11.6. The van der Waals surface area contributed by atoms with Crippen molar-refractivity contribution >= 4 is 11.9 Å². The summed E-state index contributed by atoms with van der Waals surface area (Å²) in [6, 6.07) is 3.61. The van der Waals surface area contributed by atoms with E-state index >= 15 is 0 Å². The Balaban J connectivity index is 3.09. The second-order valence-corrected chi connectivity index (χ2v) is 3.81. The normalized spacial score (nSPS) is 11.5. The first-order chi connectivity index (χ1) is 9.03. The van der Waals surface area contributed by atoms with Crippen molar-refractivity contribution in [1.82, 2.24) is 5.32 Å². The van der Waals surface area contributed by atoms with Crippen molar-refractivity contribution in [3.8, 4) is 11.5 Å². The smallest absolute Gasteiger partial charge is 0.330 e. The van der Waals surface area contributed by atoms with Crippen LogP contribution in [0.1, 0.15) is 24.9 Å². The lowest BCUT2D eigenvalue weighted by molar-refractivity contribution is -0.142. The fourth-order valence-electron chi connectivity index (χ4n) is 1.58. The predicted molar refractivity (Wildman–Crippen MR) is 68.4 cm³/mol. The lowest BCUT2D eigenvalue weighted by Crippen LogP contribution is -2.33. The lowest BCUT2D eigenvalue weighted by Gasteiger charge is -2.16. The Kier molecular flexibility index (Phi) is 5.17. The largest absolute Gasteiger partial charge is 0.493 e. The van der Waals surface area contributed by atoms with Crippen LogP contribution in [0.15, 0.2) is 18.2 Å². The van der Waals surface area contributed by atoms with Gasteiger partial charge in [0.1, 0.15) is 0 Å². The number of carboxylic acids is 1. The van der Waals surface area contributed by atoms with Gasteiger partial charge in [0.05, 0.1) is 14.2 Å². The molecule has 0 aliphatic heterocycles. The number of hydrogen-bond donors (Lipinski definition) is 2. The highest BCUT2D eigenvalue weighted by atomic mass is 16.5. The zero-order chi connectivity index (χ0) is 14.4. The maximum atomic E-state index is 11.3. The molecule has 0 aliphatic carbocycles. The maximum Gasteiger partial charge on any atom is 0.330 e. The van der Waals surface area contributed by atoms with Gasteiger partial charge in [-0.1, -0.05) is 13.0 Å². The summed E-state index contributed by atoms with van der Waals surface area (Å²) in [4.78, 5) is 22.6. The first-order valence-electron chi connectivity index (χ1n) is 5.77. The van der Waals surface area contributed by atoms with Crippen LogP contribution < -0.4 is 14.8 Å². The minimum atomic E-state index is -1.13. The SMILES string of the molecule is CCC(=O)NC(C(=O)O)c1ccc(OC)c(OC)c1. The minimum Gasteiger partial charge on any atom is -0.493 e. The molecule has 0 radical (unpaired) electrons. The average Bonchev–Trinajstić information content (AvgIpc) is 2.43. The molecule has 0 heterocycles. The van der Waals surface area contributed by atoms with E-state index in [1.807, 2.05) is 0 Å². The molecule has 1 rings (SSSR count). The summed E-state index contributed by atoms with van der Waals surface area (Å²) in [5.74, 6) is -0.551. The highest BCUT2D eigenvalue weighted by Gasteiger charge is 2.22. The summed E-state index contributed by atoms with van der Waals surface area (Å²) in [5.41, 5.74) is 0.423. The number of benzene rings is 1. The van der Waals surface area contributed by atoms with Gasteiger partial charge in [-0.3, -0.25) is 4.79 Å². The van der Waals surface area contributed by atoms with Gasteiger partial charge in [-0.05, 0) is 17.7 Å². The van der Waals surface area contributed by atoms with Crippen molar-refractivity contribution in [1.29, 1.82) is 0 Å². The number of rotatable bonds is 6. The van der Waals surface area contributed by atoms with E-state index in [-0.39, 0.29) is 12.3 Å². The first-order valence-corrected chi connectivity index (χ1v) is 5.77. The molecule has 0 saturated carbocycles. The Morgan fingerprint density at radius 2 is 1.89 bits per heavy atom. The Morgan fingerprint density at radius 1 is 1.26 bits per heavy atom. The van der Waals surface area contributed by atoms with E-state index in [2.05, 4.69) is 5.32 Å². The third-order valence-electron chi connectivity index (χ3n) is 2.61. The molecule has 0 spiro atoms. The molecule has 0 aromatic heterocycles. The van der Waals surface area contributed by atoms with Crippen LogP contribution in [0.3, 0.4) is 0 Å². The molecule has 6 heteroatoms. The Hall–Kier alpha value is -2.24. The van der Waals surface area contributed by atoms with Crippen LogP contribution in [0.5, 0.6) is 11.5 Å². The summed E-state index contributed by atoms with van der Waals surface area (Å²) in [7, 11) is 2.95. The van der Waals surface area contributed by atoms with Gasteiger partial charge in [-0.2, -0.15) is 0 Å². The number of carbonyl (C=O) groups excluding carboxylic acids is 1.